The highest BCUT2D eigenvalue weighted by Crippen LogP contribution is 2.40. The molecule has 0 aromatic heterocycles. The molecular formula is C23H28N2O3. The van der Waals surface area contributed by atoms with E-state index in [1.54, 1.807) is 0 Å². The number of nitrogens with one attached hydrogen (secondary N) is 1. The third kappa shape index (κ3) is 3.13. The van der Waals surface area contributed by atoms with Gasteiger partial charge in [0.1, 0.15) is 5.72 Å². The number of anilines is 1. The van der Waals surface area contributed by atoms with Gasteiger partial charge in [0.25, 0.3) is 0 Å². The average molecular weight is 380 g/mol. The lowest BCUT2D eigenvalue weighted by molar-refractivity contribution is -0.153. The first-order valence-electron chi connectivity index (χ1n) is 10.0. The zero-order valence-corrected chi connectivity index (χ0v) is 16.5. The molecule has 2 aromatic carbocycles. The summed E-state index contributed by atoms with van der Waals surface area (Å²) in [5, 5.41) is 25.6. The van der Waals surface area contributed by atoms with Gasteiger partial charge in [-0.1, -0.05) is 37.3 Å². The Morgan fingerprint density at radius 3 is 2.50 bits per heavy atom. The standard InChI is InChI=1S/C23H28N2O3/c1-3-23(28,19-13-16(2)21-17(14-19)15-20(26)24-21)25-11-9-22(27,10-12-25)18-7-5-4-6-8-18/h4-8,13-14,27-28H,3,9-12,15H2,1-2H3,(H,24,26)/t23-/m0/s1. The molecule has 0 aliphatic carbocycles. The largest absolute Gasteiger partial charge is 0.385 e. The maximum Gasteiger partial charge on any atom is 0.228 e. The minimum Gasteiger partial charge on any atom is -0.385 e. The average Bonchev–Trinajstić information content (AvgIpc) is 3.09. The first kappa shape index (κ1) is 19.1. The minimum absolute atomic E-state index is 0.00110. The highest BCUT2D eigenvalue weighted by molar-refractivity contribution is 6.00. The number of hydrogen-bond acceptors (Lipinski definition) is 4. The zero-order chi connectivity index (χ0) is 19.9. The molecule has 1 atom stereocenters. The third-order valence-corrected chi connectivity index (χ3v) is 6.41. The van der Waals surface area contributed by atoms with E-state index in [9.17, 15) is 15.0 Å². The molecule has 5 heteroatoms. The summed E-state index contributed by atoms with van der Waals surface area (Å²) in [5.41, 5.74) is 2.61. The number of amides is 1. The quantitative estimate of drug-likeness (QED) is 0.762. The van der Waals surface area contributed by atoms with Crippen LogP contribution in [0.4, 0.5) is 5.69 Å². The first-order valence-corrected chi connectivity index (χ1v) is 10.0. The minimum atomic E-state index is -1.11. The van der Waals surface area contributed by atoms with Gasteiger partial charge in [-0.05, 0) is 60.6 Å². The van der Waals surface area contributed by atoms with E-state index >= 15 is 0 Å². The molecule has 0 radical (unpaired) electrons. The molecule has 4 rings (SSSR count). The molecule has 1 fully saturated rings. The van der Waals surface area contributed by atoms with Gasteiger partial charge in [-0.2, -0.15) is 0 Å². The summed E-state index contributed by atoms with van der Waals surface area (Å²) in [4.78, 5) is 13.8. The van der Waals surface area contributed by atoms with Crippen LogP contribution < -0.4 is 5.32 Å². The zero-order valence-electron chi connectivity index (χ0n) is 16.5. The molecule has 1 amide bonds. The van der Waals surface area contributed by atoms with Gasteiger partial charge in [0, 0.05) is 18.8 Å². The third-order valence-electron chi connectivity index (χ3n) is 6.41. The first-order chi connectivity index (χ1) is 13.4. The fourth-order valence-electron chi connectivity index (χ4n) is 4.66. The van der Waals surface area contributed by atoms with Crippen LogP contribution in [-0.2, 0) is 22.5 Å². The lowest BCUT2D eigenvalue weighted by Gasteiger charge is -2.46. The summed E-state index contributed by atoms with van der Waals surface area (Å²) in [5.74, 6) is 0.00110. The number of aliphatic hydroxyl groups is 2. The Bertz CT molecular complexity index is 888. The Kier molecular flexibility index (Phi) is 4.78. The highest BCUT2D eigenvalue weighted by atomic mass is 16.3. The van der Waals surface area contributed by atoms with Crippen LogP contribution in [0.3, 0.4) is 0 Å². The maximum absolute atomic E-state index is 11.8. The van der Waals surface area contributed by atoms with Gasteiger partial charge < -0.3 is 15.5 Å². The molecule has 2 aliphatic heterocycles. The topological polar surface area (TPSA) is 72.8 Å². The molecule has 0 unspecified atom stereocenters. The number of carbonyl (C=O) groups is 1. The summed E-state index contributed by atoms with van der Waals surface area (Å²) in [6.07, 6.45) is 2.04. The van der Waals surface area contributed by atoms with Gasteiger partial charge >= 0.3 is 0 Å². The van der Waals surface area contributed by atoms with Crippen LogP contribution in [0.15, 0.2) is 42.5 Å². The van der Waals surface area contributed by atoms with Crippen molar-refractivity contribution in [3.05, 3.63) is 64.7 Å². The monoisotopic (exact) mass is 380 g/mol. The van der Waals surface area contributed by atoms with Crippen LogP contribution in [0, 0.1) is 6.92 Å². The molecule has 5 nitrogen and oxygen atoms in total. The maximum atomic E-state index is 11.8. The molecule has 0 bridgehead atoms. The highest BCUT2D eigenvalue weighted by Gasteiger charge is 2.42. The summed E-state index contributed by atoms with van der Waals surface area (Å²) in [6, 6.07) is 13.7. The van der Waals surface area contributed by atoms with Crippen LogP contribution in [0.25, 0.3) is 0 Å². The van der Waals surface area contributed by atoms with E-state index in [-0.39, 0.29) is 5.91 Å². The van der Waals surface area contributed by atoms with Gasteiger partial charge in [0.15, 0.2) is 0 Å². The number of aryl methyl sites for hydroxylation is 1. The summed E-state index contributed by atoms with van der Waals surface area (Å²) < 4.78 is 0. The Hall–Kier alpha value is -2.21. The van der Waals surface area contributed by atoms with Crippen molar-refractivity contribution in [1.82, 2.24) is 4.90 Å². The van der Waals surface area contributed by atoms with Crippen molar-refractivity contribution in [2.45, 2.75) is 50.9 Å². The van der Waals surface area contributed by atoms with Crippen molar-refractivity contribution in [3.63, 3.8) is 0 Å². The number of fused-ring (bicyclic) bond motifs is 1. The predicted molar refractivity (Wildman–Crippen MR) is 109 cm³/mol. The Balaban J connectivity index is 1.59. The fourth-order valence-corrected chi connectivity index (χ4v) is 4.66. The number of likely N-dealkylation sites (tertiary alicyclic amines) is 1. The predicted octanol–water partition coefficient (Wildman–Crippen LogP) is 3.03. The number of hydrogen-bond donors (Lipinski definition) is 3. The number of rotatable bonds is 4. The van der Waals surface area contributed by atoms with E-state index in [2.05, 4.69) is 10.2 Å². The smallest absolute Gasteiger partial charge is 0.228 e. The molecule has 1 saturated heterocycles. The van der Waals surface area contributed by atoms with Crippen molar-refractivity contribution in [1.29, 1.82) is 0 Å². The molecule has 2 aliphatic rings. The van der Waals surface area contributed by atoms with Crippen molar-refractivity contribution in [3.8, 4) is 0 Å². The second-order valence-electron chi connectivity index (χ2n) is 8.11. The normalized spacial score (nSPS) is 21.1. The van der Waals surface area contributed by atoms with Gasteiger partial charge in [-0.3, -0.25) is 9.69 Å². The second kappa shape index (κ2) is 6.99. The van der Waals surface area contributed by atoms with Crippen LogP contribution in [-0.4, -0.2) is 34.1 Å². The van der Waals surface area contributed by atoms with Crippen LogP contribution in [0.2, 0.25) is 0 Å². The van der Waals surface area contributed by atoms with Crippen LogP contribution in [0.5, 0.6) is 0 Å². The Morgan fingerprint density at radius 2 is 1.86 bits per heavy atom. The van der Waals surface area contributed by atoms with Crippen LogP contribution >= 0.6 is 0 Å². The van der Waals surface area contributed by atoms with Crippen LogP contribution in [0.1, 0.15) is 48.4 Å². The van der Waals surface area contributed by atoms with Gasteiger partial charge in [-0.25, -0.2) is 0 Å². The second-order valence-corrected chi connectivity index (χ2v) is 8.11. The van der Waals surface area contributed by atoms with E-state index in [4.69, 9.17) is 0 Å². The van der Waals surface area contributed by atoms with Gasteiger partial charge in [-0.15, -0.1) is 0 Å². The lowest BCUT2D eigenvalue weighted by Crippen LogP contribution is -2.52. The summed E-state index contributed by atoms with van der Waals surface area (Å²) >= 11 is 0. The summed E-state index contributed by atoms with van der Waals surface area (Å²) in [7, 11) is 0. The van der Waals surface area contributed by atoms with E-state index in [0.29, 0.717) is 38.8 Å². The Labute approximate surface area is 166 Å². The van der Waals surface area contributed by atoms with Crippen molar-refractivity contribution < 1.29 is 15.0 Å². The van der Waals surface area contributed by atoms with Gasteiger partial charge in [0.05, 0.1) is 12.0 Å². The summed E-state index contributed by atoms with van der Waals surface area (Å²) in [6.45, 7) is 5.14. The number of nitrogens with zero attached hydrogens (tertiary/aromatic N) is 1. The SMILES string of the molecule is CC[C@](O)(c1cc(C)c2c(c1)CC(=O)N2)N1CCC(O)(c2ccccc2)CC1. The lowest BCUT2D eigenvalue weighted by atomic mass is 9.82. The van der Waals surface area contributed by atoms with E-state index in [0.717, 1.165) is 27.9 Å². The number of benzene rings is 2. The molecular weight excluding hydrogens is 352 g/mol. The van der Waals surface area contributed by atoms with Crippen molar-refractivity contribution in [2.75, 3.05) is 18.4 Å². The van der Waals surface area contributed by atoms with Gasteiger partial charge in [0.2, 0.25) is 5.91 Å². The Morgan fingerprint density at radius 1 is 1.18 bits per heavy atom. The van der Waals surface area contributed by atoms with Crippen molar-refractivity contribution in [2.24, 2.45) is 0 Å². The molecule has 3 N–H and O–H groups in total. The molecule has 28 heavy (non-hydrogen) atoms. The van der Waals surface area contributed by atoms with E-state index in [1.807, 2.05) is 56.3 Å². The molecule has 2 aromatic rings. The van der Waals surface area contributed by atoms with Crippen molar-refractivity contribution >= 4 is 11.6 Å². The molecule has 2 heterocycles. The number of piperidine rings is 1. The number of carbonyl (C=O) groups excluding carboxylic acids is 1. The fraction of sp³-hybridized carbons (Fsp3) is 0.435. The molecule has 0 saturated carbocycles. The van der Waals surface area contributed by atoms with E-state index < -0.39 is 11.3 Å². The van der Waals surface area contributed by atoms with E-state index in [1.165, 1.54) is 0 Å². The molecule has 148 valence electrons. The molecule has 0 spiro atoms.